The third-order valence-corrected chi connectivity index (χ3v) is 3.84. The van der Waals surface area contributed by atoms with E-state index in [2.05, 4.69) is 43.0 Å². The Labute approximate surface area is 127 Å². The zero-order valence-corrected chi connectivity index (χ0v) is 13.6. The third kappa shape index (κ3) is 4.77. The first-order chi connectivity index (χ1) is 9.97. The van der Waals surface area contributed by atoms with Crippen molar-refractivity contribution in [2.45, 2.75) is 45.7 Å². The number of hydrogen-bond acceptors (Lipinski definition) is 5. The van der Waals surface area contributed by atoms with Crippen LogP contribution in [0.1, 0.15) is 33.6 Å². The molecule has 0 saturated heterocycles. The van der Waals surface area contributed by atoms with Gasteiger partial charge in [0.2, 0.25) is 5.88 Å². The third-order valence-electron chi connectivity index (χ3n) is 3.84. The number of rotatable bonds is 8. The second-order valence-corrected chi connectivity index (χ2v) is 6.42. The van der Waals surface area contributed by atoms with E-state index in [1.165, 1.54) is 12.8 Å². The maximum absolute atomic E-state index is 5.90. The summed E-state index contributed by atoms with van der Waals surface area (Å²) in [4.78, 5) is 6.89. The average molecular weight is 292 g/mol. The second-order valence-electron chi connectivity index (χ2n) is 6.42. The molecule has 5 nitrogen and oxygen atoms in total. The first-order valence-corrected chi connectivity index (χ1v) is 7.82. The molecule has 0 spiro atoms. The molecule has 3 N–H and O–H groups in total. The minimum Gasteiger partial charge on any atom is -0.476 e. The Morgan fingerprint density at radius 3 is 2.71 bits per heavy atom. The Balaban J connectivity index is 1.88. The summed E-state index contributed by atoms with van der Waals surface area (Å²) in [6, 6.07) is 5.00. The highest BCUT2D eigenvalue weighted by Crippen LogP contribution is 2.27. The summed E-state index contributed by atoms with van der Waals surface area (Å²) in [6.07, 6.45) is 2.66. The first kappa shape index (κ1) is 15.9. The van der Waals surface area contributed by atoms with Crippen molar-refractivity contribution in [2.75, 3.05) is 31.2 Å². The summed E-state index contributed by atoms with van der Waals surface area (Å²) in [7, 11) is 2.19. The Bertz CT molecular complexity index is 460. The quantitative estimate of drug-likeness (QED) is 0.771. The van der Waals surface area contributed by atoms with Gasteiger partial charge < -0.3 is 15.8 Å². The Hall–Kier alpha value is -1.49. The summed E-state index contributed by atoms with van der Waals surface area (Å²) in [5.41, 5.74) is 6.49. The van der Waals surface area contributed by atoms with Crippen LogP contribution in [0.4, 0.5) is 11.5 Å². The molecule has 1 unspecified atom stereocenters. The van der Waals surface area contributed by atoms with Crippen molar-refractivity contribution in [2.24, 2.45) is 5.92 Å². The topological polar surface area (TPSA) is 63.4 Å². The van der Waals surface area contributed by atoms with E-state index in [1.54, 1.807) is 0 Å². The lowest BCUT2D eigenvalue weighted by molar-refractivity contribution is 0.256. The summed E-state index contributed by atoms with van der Waals surface area (Å²) in [5.74, 6) is 1.80. The summed E-state index contributed by atoms with van der Waals surface area (Å²) in [5, 5.41) is 3.37. The van der Waals surface area contributed by atoms with E-state index in [4.69, 9.17) is 10.5 Å². The number of pyridine rings is 1. The van der Waals surface area contributed by atoms with Gasteiger partial charge in [0.05, 0.1) is 12.3 Å². The van der Waals surface area contributed by atoms with Gasteiger partial charge in [0.25, 0.3) is 0 Å². The van der Waals surface area contributed by atoms with Gasteiger partial charge in [-0.25, -0.2) is 0 Å². The highest BCUT2D eigenvalue weighted by Gasteiger charge is 2.28. The molecule has 1 aromatic heterocycles. The summed E-state index contributed by atoms with van der Waals surface area (Å²) in [6.45, 7) is 7.94. The van der Waals surface area contributed by atoms with Gasteiger partial charge in [-0.3, -0.25) is 4.90 Å². The van der Waals surface area contributed by atoms with Gasteiger partial charge in [-0.2, -0.15) is 4.98 Å². The van der Waals surface area contributed by atoms with Crippen LogP contribution in [0.25, 0.3) is 0 Å². The van der Waals surface area contributed by atoms with Gasteiger partial charge in [-0.15, -0.1) is 0 Å². The molecule has 0 amide bonds. The van der Waals surface area contributed by atoms with Crippen LogP contribution in [0.3, 0.4) is 0 Å². The molecule has 5 heteroatoms. The zero-order chi connectivity index (χ0) is 15.4. The SMILES string of the molecule is CC(C)COc1nc(NCC(C)N(C)C2CC2)ccc1N. The maximum atomic E-state index is 5.90. The summed E-state index contributed by atoms with van der Waals surface area (Å²) < 4.78 is 5.65. The van der Waals surface area contributed by atoms with Crippen molar-refractivity contribution in [3.63, 3.8) is 0 Å². The van der Waals surface area contributed by atoms with E-state index < -0.39 is 0 Å². The van der Waals surface area contributed by atoms with E-state index in [0.29, 0.717) is 30.1 Å². The van der Waals surface area contributed by atoms with Crippen molar-refractivity contribution in [3.05, 3.63) is 12.1 Å². The monoisotopic (exact) mass is 292 g/mol. The molecule has 0 bridgehead atoms. The van der Waals surface area contributed by atoms with Gasteiger partial charge in [0, 0.05) is 18.6 Å². The Morgan fingerprint density at radius 1 is 1.38 bits per heavy atom. The number of nitrogens with one attached hydrogen (secondary N) is 1. The lowest BCUT2D eigenvalue weighted by Crippen LogP contribution is -2.36. The molecule has 1 fully saturated rings. The van der Waals surface area contributed by atoms with E-state index in [9.17, 15) is 0 Å². The number of nitrogens with two attached hydrogens (primary N) is 1. The number of hydrogen-bond donors (Lipinski definition) is 2. The van der Waals surface area contributed by atoms with Crippen LogP contribution in [0.2, 0.25) is 0 Å². The molecule has 1 atom stereocenters. The summed E-state index contributed by atoms with van der Waals surface area (Å²) >= 11 is 0. The molecule has 118 valence electrons. The predicted molar refractivity (Wildman–Crippen MR) is 87.7 cm³/mol. The van der Waals surface area contributed by atoms with Crippen LogP contribution in [0, 0.1) is 5.92 Å². The van der Waals surface area contributed by atoms with E-state index in [-0.39, 0.29) is 0 Å². The van der Waals surface area contributed by atoms with Gasteiger partial charge in [-0.05, 0) is 44.9 Å². The molecule has 2 rings (SSSR count). The molecule has 1 aliphatic rings. The lowest BCUT2D eigenvalue weighted by atomic mass is 10.2. The number of aromatic nitrogens is 1. The fourth-order valence-electron chi connectivity index (χ4n) is 2.15. The molecule has 0 radical (unpaired) electrons. The molecule has 21 heavy (non-hydrogen) atoms. The van der Waals surface area contributed by atoms with Crippen LogP contribution in [0.5, 0.6) is 5.88 Å². The normalized spacial score (nSPS) is 16.3. The van der Waals surface area contributed by atoms with Crippen LogP contribution in [-0.4, -0.2) is 42.2 Å². The van der Waals surface area contributed by atoms with Crippen LogP contribution < -0.4 is 15.8 Å². The Kier molecular flexibility index (Phi) is 5.28. The predicted octanol–water partition coefficient (Wildman–Crippen LogP) is 2.59. The fourth-order valence-corrected chi connectivity index (χ4v) is 2.15. The van der Waals surface area contributed by atoms with Gasteiger partial charge in [-0.1, -0.05) is 13.8 Å². The maximum Gasteiger partial charge on any atom is 0.239 e. The second kappa shape index (κ2) is 6.98. The zero-order valence-electron chi connectivity index (χ0n) is 13.6. The smallest absolute Gasteiger partial charge is 0.239 e. The van der Waals surface area contributed by atoms with Crippen LogP contribution in [-0.2, 0) is 0 Å². The number of anilines is 2. The standard InChI is InChI=1S/C16H28N4O/c1-11(2)10-21-16-14(17)7-8-15(19-16)18-9-12(3)20(4)13-5-6-13/h7-8,11-13H,5-6,9-10,17H2,1-4H3,(H,18,19). The van der Waals surface area contributed by atoms with Crippen molar-refractivity contribution in [3.8, 4) is 5.88 Å². The largest absolute Gasteiger partial charge is 0.476 e. The molecular formula is C16H28N4O. The molecule has 1 saturated carbocycles. The number of ether oxygens (including phenoxy) is 1. The number of likely N-dealkylation sites (N-methyl/N-ethyl adjacent to an activating group) is 1. The van der Waals surface area contributed by atoms with Crippen molar-refractivity contribution >= 4 is 11.5 Å². The van der Waals surface area contributed by atoms with Crippen LogP contribution >= 0.6 is 0 Å². The average Bonchev–Trinajstić information content (AvgIpc) is 3.28. The van der Waals surface area contributed by atoms with Gasteiger partial charge >= 0.3 is 0 Å². The van der Waals surface area contributed by atoms with Gasteiger partial charge in [0.15, 0.2) is 0 Å². The van der Waals surface area contributed by atoms with E-state index in [1.807, 2.05) is 12.1 Å². The molecule has 0 aliphatic heterocycles. The number of nitrogen functional groups attached to an aromatic ring is 1. The van der Waals surface area contributed by atoms with Crippen molar-refractivity contribution in [1.82, 2.24) is 9.88 Å². The molecular weight excluding hydrogens is 264 g/mol. The fraction of sp³-hybridized carbons (Fsp3) is 0.688. The first-order valence-electron chi connectivity index (χ1n) is 7.82. The highest BCUT2D eigenvalue weighted by molar-refractivity contribution is 5.53. The van der Waals surface area contributed by atoms with Crippen molar-refractivity contribution in [1.29, 1.82) is 0 Å². The Morgan fingerprint density at radius 2 is 2.10 bits per heavy atom. The number of nitrogens with zero attached hydrogens (tertiary/aromatic N) is 2. The minimum atomic E-state index is 0.454. The highest BCUT2D eigenvalue weighted by atomic mass is 16.5. The molecule has 0 aromatic carbocycles. The molecule has 1 aliphatic carbocycles. The van der Waals surface area contributed by atoms with E-state index >= 15 is 0 Å². The van der Waals surface area contributed by atoms with E-state index in [0.717, 1.165) is 18.4 Å². The molecule has 1 aromatic rings. The van der Waals surface area contributed by atoms with Crippen LogP contribution in [0.15, 0.2) is 12.1 Å². The minimum absolute atomic E-state index is 0.454. The lowest BCUT2D eigenvalue weighted by Gasteiger charge is -2.25. The molecule has 1 heterocycles. The van der Waals surface area contributed by atoms with Gasteiger partial charge in [0.1, 0.15) is 5.82 Å². The van der Waals surface area contributed by atoms with Crippen molar-refractivity contribution < 1.29 is 4.74 Å².